The van der Waals surface area contributed by atoms with Crippen LogP contribution in [-0.4, -0.2) is 40.0 Å². The van der Waals surface area contributed by atoms with E-state index in [4.69, 9.17) is 10.00 Å². The minimum absolute atomic E-state index is 0.0496. The Morgan fingerprint density at radius 2 is 1.79 bits per heavy atom. The maximum atomic E-state index is 12.4. The van der Waals surface area contributed by atoms with Crippen molar-refractivity contribution in [2.24, 2.45) is 0 Å². The highest BCUT2D eigenvalue weighted by atomic mass is 32.2. The van der Waals surface area contributed by atoms with Crippen molar-refractivity contribution >= 4 is 27.6 Å². The lowest BCUT2D eigenvalue weighted by Gasteiger charge is -2.21. The van der Waals surface area contributed by atoms with E-state index >= 15 is 0 Å². The largest absolute Gasteiger partial charge is 0.455 e. The van der Waals surface area contributed by atoms with Crippen molar-refractivity contribution in [1.82, 2.24) is 4.72 Å². The Balaban J connectivity index is 1.94. The van der Waals surface area contributed by atoms with Gasteiger partial charge in [-0.05, 0) is 24.3 Å². The molecule has 0 unspecified atom stereocenters. The van der Waals surface area contributed by atoms with E-state index in [-0.39, 0.29) is 17.0 Å². The lowest BCUT2D eigenvalue weighted by molar-refractivity contribution is -0.146. The number of nitriles is 1. The normalized spacial score (nSPS) is 10.6. The van der Waals surface area contributed by atoms with Gasteiger partial charge in [-0.15, -0.1) is 6.58 Å². The van der Waals surface area contributed by atoms with Crippen LogP contribution in [0.5, 0.6) is 0 Å². The quantitative estimate of drug-likeness (QED) is 0.493. The summed E-state index contributed by atoms with van der Waals surface area (Å²) in [5.41, 5.74) is 0.564. The molecule has 150 valence electrons. The van der Waals surface area contributed by atoms with Gasteiger partial charge in [-0.2, -0.15) is 9.98 Å². The highest BCUT2D eigenvalue weighted by molar-refractivity contribution is 7.89. The van der Waals surface area contributed by atoms with Gasteiger partial charge in [0.05, 0.1) is 10.5 Å². The van der Waals surface area contributed by atoms with Gasteiger partial charge in [-0.3, -0.25) is 9.59 Å². The van der Waals surface area contributed by atoms with Gasteiger partial charge in [0.2, 0.25) is 10.0 Å². The third kappa shape index (κ3) is 6.00. The van der Waals surface area contributed by atoms with Crippen LogP contribution < -0.4 is 9.62 Å². The van der Waals surface area contributed by atoms with Gasteiger partial charge in [0, 0.05) is 12.2 Å². The summed E-state index contributed by atoms with van der Waals surface area (Å²) in [6.45, 7) is 2.59. The summed E-state index contributed by atoms with van der Waals surface area (Å²) < 4.78 is 31.5. The van der Waals surface area contributed by atoms with Gasteiger partial charge in [0.25, 0.3) is 5.91 Å². The minimum Gasteiger partial charge on any atom is -0.455 e. The van der Waals surface area contributed by atoms with Crippen molar-refractivity contribution in [3.8, 4) is 6.07 Å². The zero-order chi connectivity index (χ0) is 21.3. The summed E-state index contributed by atoms with van der Waals surface area (Å²) in [4.78, 5) is 25.4. The molecule has 0 aliphatic heterocycles. The number of sulfonamides is 1. The molecule has 1 N–H and O–H groups in total. The zero-order valence-corrected chi connectivity index (χ0v) is 16.3. The fourth-order valence-electron chi connectivity index (χ4n) is 2.38. The number of nitrogens with one attached hydrogen (secondary N) is 1. The van der Waals surface area contributed by atoms with Gasteiger partial charge in [0.15, 0.2) is 6.61 Å². The Kier molecular flexibility index (Phi) is 7.65. The van der Waals surface area contributed by atoms with Crippen LogP contribution in [0.3, 0.4) is 0 Å². The molecule has 2 aromatic rings. The average Bonchev–Trinajstić information content (AvgIpc) is 2.75. The van der Waals surface area contributed by atoms with Crippen LogP contribution in [0.2, 0.25) is 0 Å². The van der Waals surface area contributed by atoms with Crippen LogP contribution in [0, 0.1) is 11.3 Å². The molecular formula is C20H19N3O5S. The van der Waals surface area contributed by atoms with Crippen molar-refractivity contribution in [3.63, 3.8) is 0 Å². The molecule has 0 bridgehead atoms. The maximum Gasteiger partial charge on any atom is 0.321 e. The van der Waals surface area contributed by atoms with Crippen LogP contribution in [0.25, 0.3) is 0 Å². The summed E-state index contributed by atoms with van der Waals surface area (Å²) in [5, 5.41) is 9.01. The van der Waals surface area contributed by atoms with Crippen LogP contribution >= 0.6 is 0 Å². The van der Waals surface area contributed by atoms with E-state index in [1.165, 1.54) is 35.2 Å². The average molecular weight is 413 g/mol. The smallest absolute Gasteiger partial charge is 0.321 e. The predicted molar refractivity (Wildman–Crippen MR) is 106 cm³/mol. The maximum absolute atomic E-state index is 12.4. The third-order valence-electron chi connectivity index (χ3n) is 3.74. The monoisotopic (exact) mass is 413 g/mol. The fourth-order valence-corrected chi connectivity index (χ4v) is 3.51. The summed E-state index contributed by atoms with van der Waals surface area (Å²) in [5.74, 6) is -1.41. The molecule has 29 heavy (non-hydrogen) atoms. The van der Waals surface area contributed by atoms with Gasteiger partial charge >= 0.3 is 5.97 Å². The number of carbonyl (C=O) groups excluding carboxylic acids is 2. The van der Waals surface area contributed by atoms with E-state index in [2.05, 4.69) is 11.3 Å². The van der Waals surface area contributed by atoms with E-state index in [1.54, 1.807) is 36.4 Å². The summed E-state index contributed by atoms with van der Waals surface area (Å²) in [7, 11) is -4.09. The molecule has 0 aliphatic rings. The van der Waals surface area contributed by atoms with Gasteiger partial charge < -0.3 is 9.64 Å². The molecule has 9 heteroatoms. The Hall–Kier alpha value is -3.48. The van der Waals surface area contributed by atoms with Crippen LogP contribution in [0.15, 0.2) is 72.1 Å². The minimum atomic E-state index is -4.09. The molecule has 0 radical (unpaired) electrons. The molecule has 0 aromatic heterocycles. The highest BCUT2D eigenvalue weighted by Crippen LogP contribution is 2.14. The van der Waals surface area contributed by atoms with Crippen LogP contribution in [-0.2, 0) is 24.3 Å². The van der Waals surface area contributed by atoms with E-state index in [0.29, 0.717) is 5.69 Å². The number of benzene rings is 2. The first-order valence-corrected chi connectivity index (χ1v) is 9.98. The molecule has 0 aliphatic carbocycles. The summed E-state index contributed by atoms with van der Waals surface area (Å²) in [6, 6.07) is 16.1. The molecule has 2 aromatic carbocycles. The molecule has 1 amide bonds. The van der Waals surface area contributed by atoms with Crippen molar-refractivity contribution in [2.75, 3.05) is 24.6 Å². The van der Waals surface area contributed by atoms with Crippen molar-refractivity contribution in [1.29, 1.82) is 5.26 Å². The van der Waals surface area contributed by atoms with Gasteiger partial charge in [-0.1, -0.05) is 36.4 Å². The molecule has 0 heterocycles. The lowest BCUT2D eigenvalue weighted by atomic mass is 10.2. The Bertz CT molecular complexity index is 1030. The Labute approximate surface area is 169 Å². The number of hydrogen-bond acceptors (Lipinski definition) is 6. The number of para-hydroxylation sites is 1. The first kappa shape index (κ1) is 21.8. The van der Waals surface area contributed by atoms with Gasteiger partial charge in [-0.25, -0.2) is 8.42 Å². The summed E-state index contributed by atoms with van der Waals surface area (Å²) >= 11 is 0. The molecule has 0 atom stereocenters. The summed E-state index contributed by atoms with van der Waals surface area (Å²) in [6.07, 6.45) is 1.54. The first-order chi connectivity index (χ1) is 13.9. The number of rotatable bonds is 9. The molecule has 0 saturated heterocycles. The standard InChI is InChI=1S/C20H19N3O5S/c1-2-12-23(17-9-4-3-5-10-17)19(24)15-28-20(25)14-22-29(26,27)18-11-7-6-8-16(18)13-21/h2-11,22H,1,12,14-15H2. The lowest BCUT2D eigenvalue weighted by Crippen LogP contribution is -2.37. The first-order valence-electron chi connectivity index (χ1n) is 8.49. The third-order valence-corrected chi connectivity index (χ3v) is 5.20. The van der Waals surface area contributed by atoms with E-state index in [9.17, 15) is 18.0 Å². The topological polar surface area (TPSA) is 117 Å². The second-order valence-electron chi connectivity index (χ2n) is 5.72. The van der Waals surface area contributed by atoms with Crippen LogP contribution in [0.1, 0.15) is 5.56 Å². The molecular weight excluding hydrogens is 394 g/mol. The van der Waals surface area contributed by atoms with Crippen LogP contribution in [0.4, 0.5) is 5.69 Å². The molecule has 8 nitrogen and oxygen atoms in total. The number of esters is 1. The number of hydrogen-bond donors (Lipinski definition) is 1. The number of amides is 1. The van der Waals surface area contributed by atoms with Gasteiger partial charge in [0.1, 0.15) is 12.6 Å². The second kappa shape index (κ2) is 10.2. The SMILES string of the molecule is C=CCN(C(=O)COC(=O)CNS(=O)(=O)c1ccccc1C#N)c1ccccc1. The second-order valence-corrected chi connectivity index (χ2v) is 7.46. The zero-order valence-electron chi connectivity index (χ0n) is 15.4. The van der Waals surface area contributed by atoms with E-state index in [1.807, 2.05) is 0 Å². The van der Waals surface area contributed by atoms with E-state index in [0.717, 1.165) is 0 Å². The predicted octanol–water partition coefficient (Wildman–Crippen LogP) is 1.60. The van der Waals surface area contributed by atoms with Crippen molar-refractivity contribution in [2.45, 2.75) is 4.90 Å². The number of nitrogens with zero attached hydrogens (tertiary/aromatic N) is 2. The molecule has 2 rings (SSSR count). The Morgan fingerprint density at radius 1 is 1.14 bits per heavy atom. The van der Waals surface area contributed by atoms with Crippen molar-refractivity contribution < 1.29 is 22.7 Å². The highest BCUT2D eigenvalue weighted by Gasteiger charge is 2.21. The molecule has 0 saturated carbocycles. The number of ether oxygens (including phenoxy) is 1. The van der Waals surface area contributed by atoms with E-state index < -0.39 is 35.1 Å². The number of carbonyl (C=O) groups is 2. The van der Waals surface area contributed by atoms with Crippen molar-refractivity contribution in [3.05, 3.63) is 72.8 Å². The Morgan fingerprint density at radius 3 is 2.45 bits per heavy atom. The molecule has 0 fully saturated rings. The molecule has 0 spiro atoms. The fraction of sp³-hybridized carbons (Fsp3) is 0.150. The number of anilines is 1.